The molecule has 6 heteroatoms. The summed E-state index contributed by atoms with van der Waals surface area (Å²) in [6.07, 6.45) is 4.90. The van der Waals surface area contributed by atoms with Crippen molar-refractivity contribution in [3.8, 4) is 0 Å². The molecule has 0 aliphatic rings. The SMILES string of the molecule is O=S(=O)(Nc1cccnc1)c1ccc(N=Cc2c3ccccc3cc3ccccc23)cc1. The molecule has 0 amide bonds. The molecule has 0 bridgehead atoms. The van der Waals surface area contributed by atoms with E-state index < -0.39 is 10.0 Å². The molecule has 1 heterocycles. The molecule has 0 unspecified atom stereocenters. The molecular formula is C26H19N3O2S. The van der Waals surface area contributed by atoms with Crippen molar-refractivity contribution >= 4 is 49.2 Å². The van der Waals surface area contributed by atoms with Gasteiger partial charge in [0.1, 0.15) is 0 Å². The van der Waals surface area contributed by atoms with Crippen LogP contribution < -0.4 is 4.72 Å². The zero-order valence-electron chi connectivity index (χ0n) is 17.0. The second-order valence-corrected chi connectivity index (χ2v) is 9.01. The van der Waals surface area contributed by atoms with E-state index in [1.807, 2.05) is 30.5 Å². The molecular weight excluding hydrogens is 418 g/mol. The summed E-state index contributed by atoms with van der Waals surface area (Å²) < 4.78 is 27.7. The van der Waals surface area contributed by atoms with Crippen molar-refractivity contribution in [2.75, 3.05) is 4.72 Å². The molecule has 5 nitrogen and oxygen atoms in total. The monoisotopic (exact) mass is 437 g/mol. The Kier molecular flexibility index (Phi) is 5.13. The number of benzene rings is 4. The number of anilines is 1. The predicted molar refractivity (Wildman–Crippen MR) is 130 cm³/mol. The summed E-state index contributed by atoms with van der Waals surface area (Å²) in [5.74, 6) is 0. The van der Waals surface area contributed by atoms with Gasteiger partial charge in [0.25, 0.3) is 10.0 Å². The summed E-state index contributed by atoms with van der Waals surface area (Å²) in [7, 11) is -3.70. The number of hydrogen-bond acceptors (Lipinski definition) is 4. The molecule has 5 rings (SSSR count). The number of nitrogens with one attached hydrogen (secondary N) is 1. The van der Waals surface area contributed by atoms with Crippen LogP contribution in [0.1, 0.15) is 5.56 Å². The highest BCUT2D eigenvalue weighted by Gasteiger charge is 2.14. The van der Waals surface area contributed by atoms with E-state index in [-0.39, 0.29) is 4.90 Å². The molecule has 1 aromatic heterocycles. The van der Waals surface area contributed by atoms with Crippen LogP contribution in [-0.4, -0.2) is 19.6 Å². The van der Waals surface area contributed by atoms with Gasteiger partial charge in [0, 0.05) is 18.0 Å². The number of hydrogen-bond donors (Lipinski definition) is 1. The largest absolute Gasteiger partial charge is 0.278 e. The standard InChI is InChI=1S/C26H19N3O2S/c30-32(31,29-22-8-5-15-27-17-22)23-13-11-21(12-14-23)28-18-26-24-9-3-1-6-19(24)16-20-7-2-4-10-25(20)26/h1-18,29H. The molecule has 0 saturated carbocycles. The zero-order chi connectivity index (χ0) is 22.0. The number of aromatic nitrogens is 1. The maximum Gasteiger partial charge on any atom is 0.261 e. The van der Waals surface area contributed by atoms with Crippen LogP contribution in [-0.2, 0) is 10.0 Å². The van der Waals surface area contributed by atoms with E-state index in [1.54, 1.807) is 42.6 Å². The fraction of sp³-hybridized carbons (Fsp3) is 0. The highest BCUT2D eigenvalue weighted by atomic mass is 32.2. The highest BCUT2D eigenvalue weighted by molar-refractivity contribution is 7.92. The number of aliphatic imine (C=N–C) groups is 1. The van der Waals surface area contributed by atoms with Crippen molar-refractivity contribution in [1.29, 1.82) is 0 Å². The van der Waals surface area contributed by atoms with Crippen LogP contribution in [0.5, 0.6) is 0 Å². The van der Waals surface area contributed by atoms with Crippen LogP contribution in [0.2, 0.25) is 0 Å². The minimum absolute atomic E-state index is 0.163. The quantitative estimate of drug-likeness (QED) is 0.273. The van der Waals surface area contributed by atoms with E-state index in [0.717, 1.165) is 27.1 Å². The predicted octanol–water partition coefficient (Wildman–Crippen LogP) is 5.94. The van der Waals surface area contributed by atoms with Gasteiger partial charge in [-0.3, -0.25) is 14.7 Å². The number of sulfonamides is 1. The van der Waals surface area contributed by atoms with Crippen molar-refractivity contribution in [2.45, 2.75) is 4.90 Å². The molecule has 0 aliphatic heterocycles. The first-order valence-corrected chi connectivity index (χ1v) is 11.6. The Bertz CT molecular complexity index is 1490. The lowest BCUT2D eigenvalue weighted by Gasteiger charge is -2.08. The van der Waals surface area contributed by atoms with Crippen LogP contribution in [0.15, 0.2) is 113 Å². The molecule has 0 aliphatic carbocycles. The average Bonchev–Trinajstić information content (AvgIpc) is 2.82. The van der Waals surface area contributed by atoms with E-state index in [2.05, 4.69) is 45.0 Å². The Morgan fingerprint density at radius 1 is 0.781 bits per heavy atom. The van der Waals surface area contributed by atoms with Gasteiger partial charge >= 0.3 is 0 Å². The van der Waals surface area contributed by atoms with Gasteiger partial charge < -0.3 is 0 Å². The fourth-order valence-corrected chi connectivity index (χ4v) is 4.72. The normalized spacial score (nSPS) is 11.9. The Balaban J connectivity index is 1.47. The lowest BCUT2D eigenvalue weighted by Crippen LogP contribution is -2.12. The molecule has 1 N–H and O–H groups in total. The Labute approximate surface area is 186 Å². The topological polar surface area (TPSA) is 71.4 Å². The smallest absolute Gasteiger partial charge is 0.261 e. The summed E-state index contributed by atoms with van der Waals surface area (Å²) in [6.45, 7) is 0. The van der Waals surface area contributed by atoms with Crippen LogP contribution in [0.3, 0.4) is 0 Å². The third kappa shape index (κ3) is 3.96. The third-order valence-electron chi connectivity index (χ3n) is 5.22. The second-order valence-electron chi connectivity index (χ2n) is 7.33. The molecule has 0 saturated heterocycles. The van der Waals surface area contributed by atoms with Gasteiger partial charge in [-0.15, -0.1) is 0 Å². The minimum atomic E-state index is -3.70. The molecule has 0 spiro atoms. The van der Waals surface area contributed by atoms with Gasteiger partial charge in [-0.25, -0.2) is 8.42 Å². The van der Waals surface area contributed by atoms with Crippen molar-refractivity contribution in [2.24, 2.45) is 4.99 Å². The van der Waals surface area contributed by atoms with E-state index in [0.29, 0.717) is 11.4 Å². The maximum atomic E-state index is 12.6. The third-order valence-corrected chi connectivity index (χ3v) is 6.61. The lowest BCUT2D eigenvalue weighted by molar-refractivity contribution is 0.601. The second kappa shape index (κ2) is 8.24. The molecule has 0 radical (unpaired) electrons. The number of fused-ring (bicyclic) bond motifs is 2. The number of pyridine rings is 1. The minimum Gasteiger partial charge on any atom is -0.278 e. The van der Waals surface area contributed by atoms with Gasteiger partial charge in [-0.2, -0.15) is 0 Å². The van der Waals surface area contributed by atoms with Crippen molar-refractivity contribution in [3.05, 3.63) is 109 Å². The van der Waals surface area contributed by atoms with Gasteiger partial charge in [-0.1, -0.05) is 48.5 Å². The van der Waals surface area contributed by atoms with Crippen molar-refractivity contribution < 1.29 is 8.42 Å². The molecule has 156 valence electrons. The molecule has 32 heavy (non-hydrogen) atoms. The first-order chi connectivity index (χ1) is 15.6. The molecule has 0 atom stereocenters. The fourth-order valence-electron chi connectivity index (χ4n) is 3.68. The Morgan fingerprint density at radius 2 is 1.44 bits per heavy atom. The molecule has 5 aromatic rings. The number of rotatable bonds is 5. The maximum absolute atomic E-state index is 12.6. The van der Waals surface area contributed by atoms with Crippen LogP contribution in [0.4, 0.5) is 11.4 Å². The summed E-state index contributed by atoms with van der Waals surface area (Å²) in [5, 5.41) is 4.54. The van der Waals surface area contributed by atoms with E-state index in [1.165, 1.54) is 6.20 Å². The van der Waals surface area contributed by atoms with E-state index in [9.17, 15) is 8.42 Å². The van der Waals surface area contributed by atoms with Gasteiger partial charge in [0.05, 0.1) is 22.5 Å². The molecule has 4 aromatic carbocycles. The van der Waals surface area contributed by atoms with Gasteiger partial charge in [0.15, 0.2) is 0 Å². The summed E-state index contributed by atoms with van der Waals surface area (Å²) in [5.41, 5.74) is 2.12. The van der Waals surface area contributed by atoms with E-state index in [4.69, 9.17) is 0 Å². The van der Waals surface area contributed by atoms with Crippen LogP contribution in [0.25, 0.3) is 21.5 Å². The lowest BCUT2D eigenvalue weighted by atomic mass is 9.97. The van der Waals surface area contributed by atoms with E-state index >= 15 is 0 Å². The summed E-state index contributed by atoms with van der Waals surface area (Å²) in [4.78, 5) is 8.72. The zero-order valence-corrected chi connectivity index (χ0v) is 17.8. The Morgan fingerprint density at radius 3 is 2.06 bits per heavy atom. The first kappa shape index (κ1) is 19.9. The highest BCUT2D eigenvalue weighted by Crippen LogP contribution is 2.28. The summed E-state index contributed by atoms with van der Waals surface area (Å²) in [6, 6.07) is 28.4. The Hall–Kier alpha value is -4.03. The molecule has 0 fully saturated rings. The van der Waals surface area contributed by atoms with Crippen LogP contribution >= 0.6 is 0 Å². The van der Waals surface area contributed by atoms with Crippen molar-refractivity contribution in [3.63, 3.8) is 0 Å². The van der Waals surface area contributed by atoms with Gasteiger partial charge in [0.2, 0.25) is 0 Å². The van der Waals surface area contributed by atoms with Crippen LogP contribution in [0, 0.1) is 0 Å². The summed E-state index contributed by atoms with van der Waals surface area (Å²) >= 11 is 0. The first-order valence-electron chi connectivity index (χ1n) is 10.1. The average molecular weight is 438 g/mol. The van der Waals surface area contributed by atoms with Gasteiger partial charge in [-0.05, 0) is 64.0 Å². The number of nitrogens with zero attached hydrogens (tertiary/aromatic N) is 2. The van der Waals surface area contributed by atoms with Crippen molar-refractivity contribution in [1.82, 2.24) is 4.98 Å².